The molecule has 0 saturated carbocycles. The predicted molar refractivity (Wildman–Crippen MR) is 69.8 cm³/mol. The molecule has 7 heteroatoms. The fourth-order valence-electron chi connectivity index (χ4n) is 1.90. The van der Waals surface area contributed by atoms with Crippen molar-refractivity contribution in [3.8, 4) is 0 Å². The Labute approximate surface area is 111 Å². The fraction of sp³-hybridized carbons (Fsp3) is 0.417. The van der Waals surface area contributed by atoms with E-state index in [4.69, 9.17) is 5.11 Å². The summed E-state index contributed by atoms with van der Waals surface area (Å²) < 4.78 is 25.7. The van der Waals surface area contributed by atoms with Gasteiger partial charge in [0.2, 0.25) is 10.0 Å². The summed E-state index contributed by atoms with van der Waals surface area (Å²) in [4.78, 5) is 10.7. The van der Waals surface area contributed by atoms with Crippen molar-refractivity contribution in [2.75, 3.05) is 0 Å². The van der Waals surface area contributed by atoms with Gasteiger partial charge in [0.05, 0.1) is 0 Å². The number of carboxylic acids is 1. The van der Waals surface area contributed by atoms with Crippen LogP contribution in [0, 0.1) is 0 Å². The topological polar surface area (TPSA) is 95.5 Å². The second-order valence-electron chi connectivity index (χ2n) is 4.55. The summed E-state index contributed by atoms with van der Waals surface area (Å²) in [5.41, 5.74) is 3.19. The molecule has 3 N–H and O–H groups in total. The Kier molecular flexibility index (Phi) is 3.88. The van der Waals surface area contributed by atoms with Crippen LogP contribution in [0.2, 0.25) is 0 Å². The Bertz CT molecular complexity index is 598. The number of hydrogen-bond acceptors (Lipinski definition) is 4. The quantitative estimate of drug-likeness (QED) is 0.717. The molecule has 1 aromatic rings. The normalized spacial score (nSPS) is 16.1. The highest BCUT2D eigenvalue weighted by molar-refractivity contribution is 7.90. The molecular formula is C12H16N2O4S. The number of nitrogens with one attached hydrogen (secondary N) is 2. The van der Waals surface area contributed by atoms with Gasteiger partial charge in [-0.3, -0.25) is 4.79 Å². The van der Waals surface area contributed by atoms with Crippen molar-refractivity contribution in [3.63, 3.8) is 0 Å². The van der Waals surface area contributed by atoms with Gasteiger partial charge in [0.25, 0.3) is 0 Å². The second-order valence-corrected chi connectivity index (χ2v) is 6.64. The van der Waals surface area contributed by atoms with Crippen LogP contribution in [0.4, 0.5) is 0 Å². The first-order valence-electron chi connectivity index (χ1n) is 5.93. The van der Waals surface area contributed by atoms with Gasteiger partial charge in [-0.1, -0.05) is 18.2 Å². The molecule has 19 heavy (non-hydrogen) atoms. The van der Waals surface area contributed by atoms with Crippen molar-refractivity contribution in [3.05, 3.63) is 34.9 Å². The number of sulfonamides is 1. The SMILES string of the molecule is CC(C(=O)O)S(=O)(=O)NCc1ccc2c(c1)CNC2. The summed E-state index contributed by atoms with van der Waals surface area (Å²) in [6.07, 6.45) is 0. The van der Waals surface area contributed by atoms with Gasteiger partial charge < -0.3 is 10.4 Å². The Hall–Kier alpha value is -1.44. The highest BCUT2D eigenvalue weighted by Crippen LogP contribution is 2.17. The predicted octanol–water partition coefficient (Wildman–Crippen LogP) is 0.182. The first kappa shape index (κ1) is 14.0. The number of aliphatic carboxylic acids is 1. The summed E-state index contributed by atoms with van der Waals surface area (Å²) >= 11 is 0. The fourth-order valence-corrected chi connectivity index (χ4v) is 2.78. The molecule has 1 aliphatic heterocycles. The molecule has 0 aliphatic carbocycles. The first-order chi connectivity index (χ1) is 8.90. The maximum absolute atomic E-state index is 11.7. The van der Waals surface area contributed by atoms with E-state index in [1.807, 2.05) is 18.2 Å². The molecule has 6 nitrogen and oxygen atoms in total. The van der Waals surface area contributed by atoms with Gasteiger partial charge in [0.1, 0.15) is 0 Å². The zero-order chi connectivity index (χ0) is 14.0. The smallest absolute Gasteiger partial charge is 0.323 e. The average molecular weight is 284 g/mol. The molecule has 2 rings (SSSR count). The highest BCUT2D eigenvalue weighted by Gasteiger charge is 2.27. The van der Waals surface area contributed by atoms with Gasteiger partial charge in [-0.15, -0.1) is 0 Å². The minimum Gasteiger partial charge on any atom is -0.480 e. The Balaban J connectivity index is 2.05. The van der Waals surface area contributed by atoms with Crippen LogP contribution in [-0.4, -0.2) is 24.7 Å². The van der Waals surface area contributed by atoms with E-state index in [2.05, 4.69) is 10.0 Å². The number of carbonyl (C=O) groups is 1. The minimum absolute atomic E-state index is 0.104. The lowest BCUT2D eigenvalue weighted by atomic mass is 10.1. The van der Waals surface area contributed by atoms with Gasteiger partial charge in [-0.2, -0.15) is 0 Å². The highest BCUT2D eigenvalue weighted by atomic mass is 32.2. The number of hydrogen-bond donors (Lipinski definition) is 3. The maximum atomic E-state index is 11.7. The molecule has 1 unspecified atom stereocenters. The van der Waals surface area contributed by atoms with Crippen molar-refractivity contribution < 1.29 is 18.3 Å². The van der Waals surface area contributed by atoms with E-state index in [-0.39, 0.29) is 6.54 Å². The van der Waals surface area contributed by atoms with Crippen LogP contribution < -0.4 is 10.0 Å². The summed E-state index contributed by atoms with van der Waals surface area (Å²) in [5.74, 6) is -1.36. The third kappa shape index (κ3) is 3.12. The molecular weight excluding hydrogens is 268 g/mol. The number of fused-ring (bicyclic) bond motifs is 1. The Morgan fingerprint density at radius 1 is 1.42 bits per heavy atom. The van der Waals surface area contributed by atoms with Crippen LogP contribution in [0.15, 0.2) is 18.2 Å². The molecule has 0 amide bonds. The molecule has 0 bridgehead atoms. The van der Waals surface area contributed by atoms with E-state index < -0.39 is 21.2 Å². The lowest BCUT2D eigenvalue weighted by Crippen LogP contribution is -2.37. The van der Waals surface area contributed by atoms with E-state index >= 15 is 0 Å². The van der Waals surface area contributed by atoms with E-state index in [1.165, 1.54) is 5.56 Å². The van der Waals surface area contributed by atoms with Gasteiger partial charge >= 0.3 is 5.97 Å². The van der Waals surface area contributed by atoms with Crippen molar-refractivity contribution in [1.82, 2.24) is 10.0 Å². The van der Waals surface area contributed by atoms with Crippen LogP contribution in [0.1, 0.15) is 23.6 Å². The Morgan fingerprint density at radius 2 is 2.11 bits per heavy atom. The van der Waals surface area contributed by atoms with Crippen molar-refractivity contribution in [1.29, 1.82) is 0 Å². The van der Waals surface area contributed by atoms with Gasteiger partial charge in [0.15, 0.2) is 5.25 Å². The third-order valence-corrected chi connectivity index (χ3v) is 4.87. The summed E-state index contributed by atoms with van der Waals surface area (Å²) in [5, 5.41) is 10.5. The lowest BCUT2D eigenvalue weighted by Gasteiger charge is -2.10. The zero-order valence-corrected chi connectivity index (χ0v) is 11.3. The van der Waals surface area contributed by atoms with E-state index in [9.17, 15) is 13.2 Å². The maximum Gasteiger partial charge on any atom is 0.323 e. The monoisotopic (exact) mass is 284 g/mol. The van der Waals surface area contributed by atoms with Crippen LogP contribution in [-0.2, 0) is 34.5 Å². The molecule has 0 fully saturated rings. The first-order valence-corrected chi connectivity index (χ1v) is 7.47. The molecule has 104 valence electrons. The molecule has 1 aliphatic rings. The summed E-state index contributed by atoms with van der Waals surface area (Å²) in [7, 11) is -3.84. The zero-order valence-electron chi connectivity index (χ0n) is 10.5. The lowest BCUT2D eigenvalue weighted by molar-refractivity contribution is -0.136. The van der Waals surface area contributed by atoms with E-state index in [0.29, 0.717) is 0 Å². The van der Waals surface area contributed by atoms with Crippen LogP contribution in [0.3, 0.4) is 0 Å². The summed E-state index contributed by atoms with van der Waals surface area (Å²) in [6, 6.07) is 5.74. The number of carboxylic acid groups (broad SMARTS) is 1. The van der Waals surface area contributed by atoms with E-state index in [0.717, 1.165) is 31.1 Å². The number of rotatable bonds is 5. The largest absolute Gasteiger partial charge is 0.480 e. The molecule has 0 aromatic heterocycles. The van der Waals surface area contributed by atoms with Crippen molar-refractivity contribution in [2.24, 2.45) is 0 Å². The van der Waals surface area contributed by atoms with Gasteiger partial charge in [0, 0.05) is 19.6 Å². The summed E-state index contributed by atoms with van der Waals surface area (Å²) in [6.45, 7) is 2.86. The molecule has 0 spiro atoms. The molecule has 1 atom stereocenters. The van der Waals surface area contributed by atoms with Crippen molar-refractivity contribution >= 4 is 16.0 Å². The average Bonchev–Trinajstić information content (AvgIpc) is 2.82. The number of benzene rings is 1. The standard InChI is InChI=1S/C12H16N2O4S/c1-8(12(15)16)19(17,18)14-5-9-2-3-10-6-13-7-11(10)4-9/h2-4,8,13-14H,5-7H2,1H3,(H,15,16). The third-order valence-electron chi connectivity index (χ3n) is 3.19. The minimum atomic E-state index is -3.84. The van der Waals surface area contributed by atoms with Gasteiger partial charge in [-0.05, 0) is 23.6 Å². The second kappa shape index (κ2) is 5.28. The van der Waals surface area contributed by atoms with Crippen LogP contribution >= 0.6 is 0 Å². The molecule has 0 radical (unpaired) electrons. The van der Waals surface area contributed by atoms with Crippen LogP contribution in [0.5, 0.6) is 0 Å². The van der Waals surface area contributed by atoms with E-state index in [1.54, 1.807) is 0 Å². The molecule has 1 aromatic carbocycles. The van der Waals surface area contributed by atoms with Crippen molar-refractivity contribution in [2.45, 2.75) is 31.8 Å². The van der Waals surface area contributed by atoms with Crippen LogP contribution in [0.25, 0.3) is 0 Å². The van der Waals surface area contributed by atoms with Gasteiger partial charge in [-0.25, -0.2) is 13.1 Å². The molecule has 1 heterocycles. The Morgan fingerprint density at radius 3 is 2.79 bits per heavy atom. The molecule has 0 saturated heterocycles.